The molecule has 0 unspecified atom stereocenters. The van der Waals surface area contributed by atoms with E-state index < -0.39 is 10.9 Å². The number of carbonyl (C=O) groups is 1. The quantitative estimate of drug-likeness (QED) is 0.619. The monoisotopic (exact) mass is 238 g/mol. The Morgan fingerprint density at radius 3 is 2.71 bits per heavy atom. The zero-order chi connectivity index (χ0) is 13.0. The Labute approximate surface area is 98.6 Å². The summed E-state index contributed by atoms with van der Waals surface area (Å²) in [7, 11) is 1.66. The van der Waals surface area contributed by atoms with Crippen molar-refractivity contribution in [2.24, 2.45) is 0 Å². The first-order valence-corrected chi connectivity index (χ1v) is 5.05. The lowest BCUT2D eigenvalue weighted by molar-refractivity contribution is -0.385. The molecule has 0 heterocycles. The Morgan fingerprint density at radius 2 is 2.18 bits per heavy atom. The molecule has 0 fully saturated rings. The molecule has 1 rings (SSSR count). The molecular formula is C11H14N2O4. The van der Waals surface area contributed by atoms with Crippen molar-refractivity contribution in [3.8, 4) is 0 Å². The lowest BCUT2D eigenvalue weighted by Crippen LogP contribution is -2.25. The molecule has 92 valence electrons. The van der Waals surface area contributed by atoms with Crippen LogP contribution in [-0.2, 0) is 11.3 Å². The van der Waals surface area contributed by atoms with E-state index in [4.69, 9.17) is 5.11 Å². The molecule has 0 aliphatic rings. The third kappa shape index (κ3) is 3.53. The molecule has 0 spiro atoms. The Hall–Kier alpha value is -1.95. The number of likely N-dealkylation sites (N-methyl/N-ethyl adjacent to an activating group) is 1. The van der Waals surface area contributed by atoms with Crippen molar-refractivity contribution in [2.45, 2.75) is 13.5 Å². The van der Waals surface area contributed by atoms with E-state index in [1.165, 1.54) is 6.07 Å². The number of benzene rings is 1. The molecule has 0 aliphatic carbocycles. The minimum atomic E-state index is -0.921. The zero-order valence-electron chi connectivity index (χ0n) is 9.71. The van der Waals surface area contributed by atoms with Gasteiger partial charge < -0.3 is 5.11 Å². The number of nitro groups is 1. The molecule has 0 radical (unpaired) electrons. The molecule has 0 aliphatic heterocycles. The molecule has 1 aromatic rings. The highest BCUT2D eigenvalue weighted by Crippen LogP contribution is 2.21. The Balaban J connectivity index is 2.88. The molecule has 0 aromatic heterocycles. The fourth-order valence-corrected chi connectivity index (χ4v) is 1.62. The molecule has 1 N–H and O–H groups in total. The topological polar surface area (TPSA) is 83.7 Å². The lowest BCUT2D eigenvalue weighted by Gasteiger charge is -2.15. The fraction of sp³-hybridized carbons (Fsp3) is 0.364. The molecule has 0 amide bonds. The number of rotatable bonds is 5. The Kier molecular flexibility index (Phi) is 4.17. The summed E-state index contributed by atoms with van der Waals surface area (Å²) in [5, 5.41) is 19.4. The van der Waals surface area contributed by atoms with Crippen LogP contribution < -0.4 is 0 Å². The van der Waals surface area contributed by atoms with Gasteiger partial charge in [-0.3, -0.25) is 19.8 Å². The number of carboxylic acid groups (broad SMARTS) is 1. The Morgan fingerprint density at radius 1 is 1.53 bits per heavy atom. The maximum Gasteiger partial charge on any atom is 0.317 e. The highest BCUT2D eigenvalue weighted by molar-refractivity contribution is 5.69. The molecule has 0 bridgehead atoms. The summed E-state index contributed by atoms with van der Waals surface area (Å²) in [6.45, 7) is 1.95. The predicted octanol–water partition coefficient (Wildman–Crippen LogP) is 1.42. The van der Waals surface area contributed by atoms with E-state index in [0.717, 1.165) is 5.56 Å². The third-order valence-electron chi connectivity index (χ3n) is 2.46. The summed E-state index contributed by atoms with van der Waals surface area (Å²) < 4.78 is 0. The predicted molar refractivity (Wildman–Crippen MR) is 61.8 cm³/mol. The van der Waals surface area contributed by atoms with E-state index in [-0.39, 0.29) is 12.2 Å². The number of hydrogen-bond acceptors (Lipinski definition) is 4. The van der Waals surface area contributed by atoms with Gasteiger partial charge in [0.2, 0.25) is 0 Å². The van der Waals surface area contributed by atoms with E-state index in [9.17, 15) is 14.9 Å². The van der Waals surface area contributed by atoms with Gasteiger partial charge in [-0.05, 0) is 19.5 Å². The van der Waals surface area contributed by atoms with Gasteiger partial charge in [0.15, 0.2) is 0 Å². The SMILES string of the molecule is Cc1c(CN(C)CC(=O)O)cccc1[N+](=O)[O-]. The van der Waals surface area contributed by atoms with Gasteiger partial charge in [-0.25, -0.2) is 0 Å². The third-order valence-corrected chi connectivity index (χ3v) is 2.46. The van der Waals surface area contributed by atoms with Gasteiger partial charge in [0.1, 0.15) is 0 Å². The minimum absolute atomic E-state index is 0.0613. The molecular weight excluding hydrogens is 224 g/mol. The second kappa shape index (κ2) is 5.40. The van der Waals surface area contributed by atoms with E-state index in [2.05, 4.69) is 0 Å². The normalized spacial score (nSPS) is 10.5. The van der Waals surface area contributed by atoms with Crippen LogP contribution in [0.1, 0.15) is 11.1 Å². The van der Waals surface area contributed by atoms with Gasteiger partial charge in [-0.2, -0.15) is 0 Å². The van der Waals surface area contributed by atoms with Gasteiger partial charge in [0, 0.05) is 18.2 Å². The van der Waals surface area contributed by atoms with Crippen LogP contribution in [0.15, 0.2) is 18.2 Å². The summed E-state index contributed by atoms with van der Waals surface area (Å²) >= 11 is 0. The molecule has 0 saturated heterocycles. The summed E-state index contributed by atoms with van der Waals surface area (Å²) in [5.41, 5.74) is 1.41. The van der Waals surface area contributed by atoms with Gasteiger partial charge >= 0.3 is 5.97 Å². The summed E-state index contributed by atoms with van der Waals surface area (Å²) in [6, 6.07) is 4.81. The first kappa shape index (κ1) is 13.1. The first-order chi connectivity index (χ1) is 7.91. The van der Waals surface area contributed by atoms with Crippen molar-refractivity contribution in [2.75, 3.05) is 13.6 Å². The van der Waals surface area contributed by atoms with Gasteiger partial charge in [0.25, 0.3) is 5.69 Å². The van der Waals surface area contributed by atoms with Crippen molar-refractivity contribution in [1.82, 2.24) is 4.90 Å². The smallest absolute Gasteiger partial charge is 0.317 e. The van der Waals surface area contributed by atoms with E-state index in [1.807, 2.05) is 0 Å². The van der Waals surface area contributed by atoms with Crippen LogP contribution in [0.25, 0.3) is 0 Å². The largest absolute Gasteiger partial charge is 0.480 e. The highest BCUT2D eigenvalue weighted by Gasteiger charge is 2.14. The van der Waals surface area contributed by atoms with Crippen molar-refractivity contribution in [3.05, 3.63) is 39.4 Å². The van der Waals surface area contributed by atoms with Crippen molar-refractivity contribution >= 4 is 11.7 Å². The number of carboxylic acids is 1. The summed E-state index contributed by atoms with van der Waals surface area (Å²) in [6.07, 6.45) is 0. The van der Waals surface area contributed by atoms with Crippen molar-refractivity contribution < 1.29 is 14.8 Å². The maximum atomic E-state index is 10.7. The van der Waals surface area contributed by atoms with Crippen LogP contribution in [0.5, 0.6) is 0 Å². The molecule has 1 aromatic carbocycles. The van der Waals surface area contributed by atoms with Crippen LogP contribution in [0, 0.1) is 17.0 Å². The first-order valence-electron chi connectivity index (χ1n) is 5.05. The highest BCUT2D eigenvalue weighted by atomic mass is 16.6. The van der Waals surface area contributed by atoms with Crippen molar-refractivity contribution in [3.63, 3.8) is 0 Å². The van der Waals surface area contributed by atoms with Gasteiger partial charge in [0.05, 0.1) is 11.5 Å². The number of aliphatic carboxylic acids is 1. The summed E-state index contributed by atoms with van der Waals surface area (Å²) in [5.74, 6) is -0.921. The lowest BCUT2D eigenvalue weighted by atomic mass is 10.1. The fourth-order valence-electron chi connectivity index (χ4n) is 1.62. The maximum absolute atomic E-state index is 10.7. The van der Waals surface area contributed by atoms with E-state index in [0.29, 0.717) is 12.1 Å². The molecule has 6 heteroatoms. The van der Waals surface area contributed by atoms with E-state index in [1.54, 1.807) is 31.0 Å². The van der Waals surface area contributed by atoms with Crippen LogP contribution in [0.4, 0.5) is 5.69 Å². The second-order valence-electron chi connectivity index (χ2n) is 3.88. The van der Waals surface area contributed by atoms with E-state index >= 15 is 0 Å². The van der Waals surface area contributed by atoms with Crippen molar-refractivity contribution in [1.29, 1.82) is 0 Å². The molecule has 6 nitrogen and oxygen atoms in total. The summed E-state index contributed by atoms with van der Waals surface area (Å²) in [4.78, 5) is 22.4. The van der Waals surface area contributed by atoms with Gasteiger partial charge in [-0.1, -0.05) is 12.1 Å². The van der Waals surface area contributed by atoms with Crippen LogP contribution in [0.3, 0.4) is 0 Å². The zero-order valence-corrected chi connectivity index (χ0v) is 9.71. The van der Waals surface area contributed by atoms with Crippen LogP contribution in [-0.4, -0.2) is 34.5 Å². The number of nitrogens with zero attached hydrogens (tertiary/aromatic N) is 2. The van der Waals surface area contributed by atoms with Gasteiger partial charge in [-0.15, -0.1) is 0 Å². The molecule has 17 heavy (non-hydrogen) atoms. The molecule has 0 saturated carbocycles. The van der Waals surface area contributed by atoms with Crippen LogP contribution in [0.2, 0.25) is 0 Å². The Bertz CT molecular complexity index is 445. The van der Waals surface area contributed by atoms with Crippen LogP contribution >= 0.6 is 0 Å². The standard InChI is InChI=1S/C11H14N2O4/c1-8-9(6-12(2)7-11(14)15)4-3-5-10(8)13(16)17/h3-5H,6-7H2,1-2H3,(H,14,15). The number of hydrogen-bond donors (Lipinski definition) is 1. The average molecular weight is 238 g/mol. The second-order valence-corrected chi connectivity index (χ2v) is 3.88. The average Bonchev–Trinajstić information content (AvgIpc) is 2.19. The molecule has 0 atom stereocenters. The number of nitro benzene ring substituents is 1. The minimum Gasteiger partial charge on any atom is -0.480 e.